The van der Waals surface area contributed by atoms with Crippen LogP contribution in [-0.2, 0) is 6.54 Å². The molecule has 2 aromatic heterocycles. The third-order valence-corrected chi connectivity index (χ3v) is 4.55. The van der Waals surface area contributed by atoms with Gasteiger partial charge in [-0.3, -0.25) is 0 Å². The van der Waals surface area contributed by atoms with Crippen molar-refractivity contribution in [2.24, 2.45) is 0 Å². The zero-order valence-corrected chi connectivity index (χ0v) is 12.7. The maximum atomic E-state index is 4.52. The van der Waals surface area contributed by atoms with Gasteiger partial charge in [-0.1, -0.05) is 0 Å². The van der Waals surface area contributed by atoms with Crippen molar-refractivity contribution in [3.8, 4) is 5.82 Å². The van der Waals surface area contributed by atoms with Crippen LogP contribution in [0.4, 0.5) is 0 Å². The lowest BCUT2D eigenvalue weighted by Crippen LogP contribution is -2.15. The fourth-order valence-corrected chi connectivity index (χ4v) is 2.33. The van der Waals surface area contributed by atoms with E-state index in [9.17, 15) is 0 Å². The molecule has 5 heteroatoms. The number of hydrogen-bond donors (Lipinski definition) is 1. The van der Waals surface area contributed by atoms with Crippen molar-refractivity contribution in [1.82, 2.24) is 20.1 Å². The summed E-state index contributed by atoms with van der Waals surface area (Å²) in [4.78, 5) is 4.42. The number of rotatable bonds is 4. The minimum absolute atomic E-state index is 0.722. The molecule has 0 unspecified atom stereocenters. The van der Waals surface area contributed by atoms with Crippen LogP contribution in [0.5, 0.6) is 0 Å². The van der Waals surface area contributed by atoms with Gasteiger partial charge in [0.15, 0.2) is 5.82 Å². The molecule has 19 heavy (non-hydrogen) atoms. The van der Waals surface area contributed by atoms with Crippen molar-refractivity contribution in [1.29, 1.82) is 0 Å². The first-order valence-electron chi connectivity index (χ1n) is 6.55. The predicted molar refractivity (Wildman–Crippen MR) is 78.4 cm³/mol. The summed E-state index contributed by atoms with van der Waals surface area (Å²) in [7, 11) is 0. The monoisotopic (exact) mass is 320 g/mol. The van der Waals surface area contributed by atoms with Crippen LogP contribution >= 0.6 is 15.9 Å². The number of aryl methyl sites for hydroxylation is 1. The van der Waals surface area contributed by atoms with Gasteiger partial charge in [-0.2, -0.15) is 5.10 Å². The molecule has 100 valence electrons. The zero-order chi connectivity index (χ0) is 13.4. The summed E-state index contributed by atoms with van der Waals surface area (Å²) in [6.07, 6.45) is 4.47. The fourth-order valence-electron chi connectivity index (χ4n) is 2.08. The van der Waals surface area contributed by atoms with Crippen molar-refractivity contribution in [2.75, 3.05) is 0 Å². The molecule has 2 aromatic rings. The highest BCUT2D eigenvalue weighted by molar-refractivity contribution is 9.10. The SMILES string of the molecule is Cc1nn(-c2cc(CNC3CC3)ccn2)c(C)c1Br. The molecule has 0 aliphatic heterocycles. The quantitative estimate of drug-likeness (QED) is 0.941. The standard InChI is InChI=1S/C14H17BrN4/c1-9-14(15)10(2)19(18-9)13-7-11(5-6-16-13)8-17-12-3-4-12/h5-7,12,17H,3-4,8H2,1-2H3. The Labute approximate surface area is 121 Å². The highest BCUT2D eigenvalue weighted by atomic mass is 79.9. The van der Waals surface area contributed by atoms with Crippen LogP contribution in [-0.4, -0.2) is 20.8 Å². The molecule has 0 spiro atoms. The van der Waals surface area contributed by atoms with E-state index < -0.39 is 0 Å². The zero-order valence-electron chi connectivity index (χ0n) is 11.2. The van der Waals surface area contributed by atoms with Gasteiger partial charge < -0.3 is 5.32 Å². The minimum atomic E-state index is 0.722. The summed E-state index contributed by atoms with van der Waals surface area (Å²) < 4.78 is 2.94. The van der Waals surface area contributed by atoms with E-state index in [4.69, 9.17) is 0 Å². The molecule has 0 radical (unpaired) electrons. The molecule has 1 aliphatic carbocycles. The molecule has 3 rings (SSSR count). The summed E-state index contributed by atoms with van der Waals surface area (Å²) >= 11 is 3.55. The largest absolute Gasteiger partial charge is 0.310 e. The predicted octanol–water partition coefficient (Wildman–Crippen LogP) is 2.90. The second-order valence-electron chi connectivity index (χ2n) is 5.07. The van der Waals surface area contributed by atoms with Gasteiger partial charge in [0.05, 0.1) is 15.9 Å². The first-order chi connectivity index (χ1) is 9.15. The number of nitrogens with one attached hydrogen (secondary N) is 1. The summed E-state index contributed by atoms with van der Waals surface area (Å²) in [5.41, 5.74) is 3.32. The highest BCUT2D eigenvalue weighted by Gasteiger charge is 2.20. The lowest BCUT2D eigenvalue weighted by molar-refractivity contribution is 0.685. The fraction of sp³-hybridized carbons (Fsp3) is 0.429. The number of aromatic nitrogens is 3. The first kappa shape index (κ1) is 12.8. The van der Waals surface area contributed by atoms with Gasteiger partial charge in [-0.05, 0) is 60.3 Å². The molecule has 0 aromatic carbocycles. The van der Waals surface area contributed by atoms with Crippen molar-refractivity contribution in [3.63, 3.8) is 0 Å². The number of hydrogen-bond acceptors (Lipinski definition) is 3. The van der Waals surface area contributed by atoms with Gasteiger partial charge in [0.1, 0.15) is 0 Å². The lowest BCUT2D eigenvalue weighted by Gasteiger charge is -2.07. The van der Waals surface area contributed by atoms with E-state index in [2.05, 4.69) is 43.5 Å². The van der Waals surface area contributed by atoms with E-state index in [1.54, 1.807) is 0 Å². The summed E-state index contributed by atoms with van der Waals surface area (Å²) in [5.74, 6) is 0.876. The Kier molecular flexibility index (Phi) is 3.41. The highest BCUT2D eigenvalue weighted by Crippen LogP contribution is 2.23. The van der Waals surface area contributed by atoms with Crippen molar-refractivity contribution in [2.45, 2.75) is 39.3 Å². The molecule has 2 heterocycles. The average molecular weight is 321 g/mol. The molecular formula is C14H17BrN4. The second-order valence-corrected chi connectivity index (χ2v) is 5.87. The Hall–Kier alpha value is -1.20. The van der Waals surface area contributed by atoms with Gasteiger partial charge in [0, 0.05) is 18.8 Å². The molecule has 1 saturated carbocycles. The van der Waals surface area contributed by atoms with Crippen LogP contribution in [0.15, 0.2) is 22.8 Å². The summed E-state index contributed by atoms with van der Waals surface area (Å²) in [6, 6.07) is 4.88. The van der Waals surface area contributed by atoms with E-state index in [0.717, 1.165) is 34.3 Å². The van der Waals surface area contributed by atoms with E-state index in [-0.39, 0.29) is 0 Å². The molecule has 1 aliphatic rings. The number of halogens is 1. The average Bonchev–Trinajstić information content (AvgIpc) is 3.21. The minimum Gasteiger partial charge on any atom is -0.310 e. The normalized spacial score (nSPS) is 14.9. The van der Waals surface area contributed by atoms with Crippen molar-refractivity contribution in [3.05, 3.63) is 39.8 Å². The summed E-state index contributed by atoms with van der Waals surface area (Å²) in [6.45, 7) is 4.94. The van der Waals surface area contributed by atoms with E-state index in [1.165, 1.54) is 18.4 Å². The van der Waals surface area contributed by atoms with E-state index in [1.807, 2.05) is 24.7 Å². The molecule has 4 nitrogen and oxygen atoms in total. The molecule has 0 amide bonds. The number of pyridine rings is 1. The van der Waals surface area contributed by atoms with Crippen LogP contribution in [0.1, 0.15) is 29.8 Å². The molecular weight excluding hydrogens is 304 g/mol. The molecule has 0 atom stereocenters. The Bertz CT molecular complexity index is 601. The maximum Gasteiger partial charge on any atom is 0.153 e. The first-order valence-corrected chi connectivity index (χ1v) is 7.35. The van der Waals surface area contributed by atoms with Gasteiger partial charge in [0.2, 0.25) is 0 Å². The third kappa shape index (κ3) is 2.72. The smallest absolute Gasteiger partial charge is 0.153 e. The molecule has 0 saturated heterocycles. The van der Waals surface area contributed by atoms with E-state index in [0.29, 0.717) is 0 Å². The second kappa shape index (κ2) is 5.06. The van der Waals surface area contributed by atoms with Crippen molar-refractivity contribution < 1.29 is 0 Å². The van der Waals surface area contributed by atoms with E-state index >= 15 is 0 Å². The van der Waals surface area contributed by atoms with Crippen LogP contribution in [0.2, 0.25) is 0 Å². The number of nitrogens with zero attached hydrogens (tertiary/aromatic N) is 3. The van der Waals surface area contributed by atoms with Gasteiger partial charge >= 0.3 is 0 Å². The Balaban J connectivity index is 1.86. The van der Waals surface area contributed by atoms with Crippen LogP contribution in [0.25, 0.3) is 5.82 Å². The third-order valence-electron chi connectivity index (χ3n) is 3.40. The Morgan fingerprint density at radius 3 is 2.84 bits per heavy atom. The maximum absolute atomic E-state index is 4.52. The van der Waals surface area contributed by atoms with Crippen LogP contribution in [0, 0.1) is 13.8 Å². The molecule has 0 bridgehead atoms. The van der Waals surface area contributed by atoms with Crippen LogP contribution < -0.4 is 5.32 Å². The summed E-state index contributed by atoms with van der Waals surface area (Å²) in [5, 5.41) is 8.03. The topological polar surface area (TPSA) is 42.7 Å². The van der Waals surface area contributed by atoms with Gasteiger partial charge in [-0.25, -0.2) is 9.67 Å². The van der Waals surface area contributed by atoms with Crippen molar-refractivity contribution >= 4 is 15.9 Å². The Morgan fingerprint density at radius 1 is 1.42 bits per heavy atom. The molecule has 1 fully saturated rings. The van der Waals surface area contributed by atoms with Gasteiger partial charge in [-0.15, -0.1) is 0 Å². The Morgan fingerprint density at radius 2 is 2.21 bits per heavy atom. The van der Waals surface area contributed by atoms with Gasteiger partial charge in [0.25, 0.3) is 0 Å². The van der Waals surface area contributed by atoms with Crippen LogP contribution in [0.3, 0.4) is 0 Å². The molecule has 1 N–H and O–H groups in total. The lowest BCUT2D eigenvalue weighted by atomic mass is 10.2.